The Balaban J connectivity index is 1.75. The molecule has 2 aliphatic rings. The van der Waals surface area contributed by atoms with Crippen LogP contribution in [0.1, 0.15) is 71.1 Å². The summed E-state index contributed by atoms with van der Waals surface area (Å²) in [5, 5.41) is 0. The van der Waals surface area contributed by atoms with E-state index in [9.17, 15) is 0 Å². The lowest BCUT2D eigenvalue weighted by atomic mass is 9.67. The van der Waals surface area contributed by atoms with Gasteiger partial charge in [0.25, 0.3) is 0 Å². The van der Waals surface area contributed by atoms with Gasteiger partial charge in [0.1, 0.15) is 7.28 Å². The molecule has 0 spiro atoms. The number of hydrogen-bond acceptors (Lipinski definition) is 0. The van der Waals surface area contributed by atoms with E-state index in [1.165, 1.54) is 58.4 Å². The summed E-state index contributed by atoms with van der Waals surface area (Å²) in [7, 11) is 1.51. The van der Waals surface area contributed by atoms with E-state index in [0.717, 1.165) is 17.8 Å². The molecule has 1 aliphatic carbocycles. The highest BCUT2D eigenvalue weighted by atomic mass is 14.3. The van der Waals surface area contributed by atoms with Crippen LogP contribution in [0.2, 0.25) is 12.6 Å². The lowest BCUT2D eigenvalue weighted by molar-refractivity contribution is 0.378. The van der Waals surface area contributed by atoms with Crippen molar-refractivity contribution in [3.8, 4) is 0 Å². The molecule has 0 nitrogen and oxygen atoms in total. The van der Waals surface area contributed by atoms with Gasteiger partial charge in [-0.15, -0.1) is 0 Å². The van der Waals surface area contributed by atoms with E-state index in [2.05, 4.69) is 6.92 Å². The van der Waals surface area contributed by atoms with Crippen molar-refractivity contribution in [3.05, 3.63) is 0 Å². The minimum atomic E-state index is 0.997. The molecule has 3 atom stereocenters. The maximum Gasteiger partial charge on any atom is 0.120 e. The molecule has 0 radical (unpaired) electrons. The summed E-state index contributed by atoms with van der Waals surface area (Å²) in [5.74, 6) is 3.21. The van der Waals surface area contributed by atoms with Gasteiger partial charge >= 0.3 is 0 Å². The Morgan fingerprint density at radius 2 is 1.47 bits per heavy atom. The topological polar surface area (TPSA) is 0 Å². The lowest BCUT2D eigenvalue weighted by Gasteiger charge is -2.16. The van der Waals surface area contributed by atoms with Crippen LogP contribution in [-0.4, -0.2) is 7.28 Å². The van der Waals surface area contributed by atoms with Gasteiger partial charge in [0.15, 0.2) is 0 Å². The van der Waals surface area contributed by atoms with Crippen LogP contribution in [0.3, 0.4) is 0 Å². The summed E-state index contributed by atoms with van der Waals surface area (Å²) in [4.78, 5) is 0. The average molecular weight is 234 g/mol. The van der Waals surface area contributed by atoms with Crippen molar-refractivity contribution in [3.63, 3.8) is 0 Å². The first-order valence-corrected chi connectivity index (χ1v) is 8.34. The number of rotatable bonds is 0. The predicted octanol–water partition coefficient (Wildman–Crippen LogP) is 5.06. The fourth-order valence-corrected chi connectivity index (χ4v) is 4.00. The van der Waals surface area contributed by atoms with Crippen molar-refractivity contribution < 1.29 is 0 Å². The molecule has 17 heavy (non-hydrogen) atoms. The third kappa shape index (κ3) is 5.06. The lowest BCUT2D eigenvalue weighted by Crippen LogP contribution is -2.03. The van der Waals surface area contributed by atoms with E-state index in [1.807, 2.05) is 0 Å². The molecule has 0 amide bonds. The van der Waals surface area contributed by atoms with Gasteiger partial charge in [-0.2, -0.15) is 0 Å². The van der Waals surface area contributed by atoms with Crippen LogP contribution in [0.5, 0.6) is 0 Å². The first-order valence-electron chi connectivity index (χ1n) is 8.34. The normalized spacial score (nSPS) is 37.1. The van der Waals surface area contributed by atoms with Gasteiger partial charge in [-0.3, -0.25) is 0 Å². The molecule has 0 N–H and O–H groups in total. The van der Waals surface area contributed by atoms with Crippen LogP contribution >= 0.6 is 0 Å². The second-order valence-corrected chi connectivity index (χ2v) is 6.93. The molecule has 1 saturated heterocycles. The summed E-state index contributed by atoms with van der Waals surface area (Å²) in [5.41, 5.74) is 0. The van der Waals surface area contributed by atoms with Gasteiger partial charge in [-0.25, -0.2) is 0 Å². The molecule has 0 aromatic rings. The van der Waals surface area contributed by atoms with E-state index >= 15 is 0 Å². The minimum Gasteiger partial charge on any atom is -0.0774 e. The largest absolute Gasteiger partial charge is 0.120 e. The fourth-order valence-electron chi connectivity index (χ4n) is 4.00. The Kier molecular flexibility index (Phi) is 5.94. The number of fused-ring (bicyclic) bond motifs is 2. The highest BCUT2D eigenvalue weighted by Crippen LogP contribution is 2.37. The highest BCUT2D eigenvalue weighted by Gasteiger charge is 2.24. The van der Waals surface area contributed by atoms with Crippen LogP contribution < -0.4 is 0 Å². The van der Waals surface area contributed by atoms with Gasteiger partial charge < -0.3 is 0 Å². The van der Waals surface area contributed by atoms with Crippen LogP contribution in [0.15, 0.2) is 0 Å². The van der Waals surface area contributed by atoms with Crippen molar-refractivity contribution in [2.24, 2.45) is 17.8 Å². The zero-order chi connectivity index (χ0) is 11.9. The molecular formula is C16H31B. The summed E-state index contributed by atoms with van der Waals surface area (Å²) in [6.45, 7) is 2.48. The molecular weight excluding hydrogens is 203 g/mol. The van der Waals surface area contributed by atoms with Crippen LogP contribution in [-0.2, 0) is 0 Å². The highest BCUT2D eigenvalue weighted by molar-refractivity contribution is 6.35. The fraction of sp³-hybridized carbons (Fsp3) is 1.00. The summed E-state index contributed by atoms with van der Waals surface area (Å²) in [6, 6.07) is 0. The van der Waals surface area contributed by atoms with Crippen molar-refractivity contribution >= 4 is 7.28 Å². The molecule has 0 aromatic carbocycles. The first-order chi connectivity index (χ1) is 8.34. The molecule has 2 fully saturated rings. The zero-order valence-corrected chi connectivity index (χ0v) is 11.9. The molecule has 2 rings (SSSR count). The second-order valence-electron chi connectivity index (χ2n) is 6.93. The average Bonchev–Trinajstić information content (AvgIpc) is 2.77. The predicted molar refractivity (Wildman–Crippen MR) is 79.1 cm³/mol. The summed E-state index contributed by atoms with van der Waals surface area (Å²) >= 11 is 0. The molecule has 98 valence electrons. The molecule has 2 bridgehead atoms. The molecule has 1 saturated carbocycles. The van der Waals surface area contributed by atoms with Crippen LogP contribution in [0.4, 0.5) is 0 Å². The van der Waals surface area contributed by atoms with Gasteiger partial charge in [0.05, 0.1) is 0 Å². The minimum absolute atomic E-state index is 0.997. The first kappa shape index (κ1) is 13.5. The van der Waals surface area contributed by atoms with Crippen molar-refractivity contribution in [2.75, 3.05) is 0 Å². The molecule has 1 aliphatic heterocycles. The third-order valence-electron chi connectivity index (χ3n) is 5.28. The van der Waals surface area contributed by atoms with E-state index in [-0.39, 0.29) is 0 Å². The van der Waals surface area contributed by atoms with Crippen molar-refractivity contribution in [1.29, 1.82) is 0 Å². The van der Waals surface area contributed by atoms with Crippen LogP contribution in [0, 0.1) is 17.8 Å². The molecule has 2 unspecified atom stereocenters. The maximum atomic E-state index is 2.48. The summed E-state index contributed by atoms with van der Waals surface area (Å²) < 4.78 is 0. The standard InChI is InChI=1S/C16H31B/c1-14-5-3-2-4-11-17-12-10-16-9-8-15(13-16)7-6-14/h14-17H,2-13H2,1H3/t14-,15?,16?/m0/s1. The zero-order valence-electron chi connectivity index (χ0n) is 11.9. The summed E-state index contributed by atoms with van der Waals surface area (Å²) in [6.07, 6.45) is 18.3. The molecule has 0 aromatic heterocycles. The smallest absolute Gasteiger partial charge is 0.0774 e. The SMILES string of the molecule is C[C@H]1CCCCCBCCC2CCC(CC1)C2. The van der Waals surface area contributed by atoms with E-state index < -0.39 is 0 Å². The van der Waals surface area contributed by atoms with Gasteiger partial charge in [0.2, 0.25) is 0 Å². The van der Waals surface area contributed by atoms with Gasteiger partial charge in [-0.1, -0.05) is 77.4 Å². The number of hydrogen-bond donors (Lipinski definition) is 0. The molecule has 1 heteroatoms. The van der Waals surface area contributed by atoms with E-state index in [4.69, 9.17) is 0 Å². The quantitative estimate of drug-likeness (QED) is 0.514. The third-order valence-corrected chi connectivity index (χ3v) is 5.28. The second kappa shape index (κ2) is 7.49. The monoisotopic (exact) mass is 234 g/mol. The van der Waals surface area contributed by atoms with E-state index in [0.29, 0.717) is 0 Å². The maximum absolute atomic E-state index is 2.48. The Morgan fingerprint density at radius 1 is 0.706 bits per heavy atom. The van der Waals surface area contributed by atoms with Gasteiger partial charge in [-0.05, 0) is 24.2 Å². The van der Waals surface area contributed by atoms with E-state index in [1.54, 1.807) is 25.7 Å². The van der Waals surface area contributed by atoms with Crippen molar-refractivity contribution in [1.82, 2.24) is 0 Å². The molecule has 1 heterocycles. The Labute approximate surface area is 109 Å². The van der Waals surface area contributed by atoms with Gasteiger partial charge in [0, 0.05) is 0 Å². The Bertz CT molecular complexity index is 202. The van der Waals surface area contributed by atoms with Crippen molar-refractivity contribution in [2.45, 2.75) is 83.8 Å². The van der Waals surface area contributed by atoms with Crippen LogP contribution in [0.25, 0.3) is 0 Å². The Morgan fingerprint density at radius 3 is 2.35 bits per heavy atom. The Hall–Kier alpha value is 0.0649.